The van der Waals surface area contributed by atoms with Crippen LogP contribution in [-0.4, -0.2) is 40.5 Å². The molecule has 1 aliphatic heterocycles. The number of imide groups is 1. The number of nitro benzene ring substituents is 1. The molecule has 1 aliphatic rings. The first-order valence-corrected chi connectivity index (χ1v) is 12.8. The quantitative estimate of drug-likeness (QED) is 0.183. The summed E-state index contributed by atoms with van der Waals surface area (Å²) in [5.41, 5.74) is 1.40. The fourth-order valence-corrected chi connectivity index (χ4v) is 4.94. The fraction of sp³-hybridized carbons (Fsp3) is 0.115. The summed E-state index contributed by atoms with van der Waals surface area (Å²) in [7, 11) is 1.44. The molecule has 3 amide bonds. The van der Waals surface area contributed by atoms with Crippen molar-refractivity contribution in [3.05, 3.63) is 97.1 Å². The van der Waals surface area contributed by atoms with Gasteiger partial charge in [0.05, 0.1) is 21.4 Å². The number of anilines is 1. The van der Waals surface area contributed by atoms with Crippen molar-refractivity contribution in [3.8, 4) is 11.5 Å². The number of non-ortho nitro benzene ring substituents is 1. The van der Waals surface area contributed by atoms with E-state index in [1.807, 2.05) is 0 Å². The Bertz CT molecular complexity index is 1500. The van der Waals surface area contributed by atoms with Gasteiger partial charge >= 0.3 is 0 Å². The Kier molecular flexibility index (Phi) is 8.62. The molecule has 0 aliphatic carbocycles. The average molecular weight is 616 g/mol. The van der Waals surface area contributed by atoms with Crippen LogP contribution in [0.4, 0.5) is 20.6 Å². The Morgan fingerprint density at radius 1 is 1.18 bits per heavy atom. The summed E-state index contributed by atoms with van der Waals surface area (Å²) in [6, 6.07) is 14.5. The maximum atomic E-state index is 13.3. The summed E-state index contributed by atoms with van der Waals surface area (Å²) >= 11 is 4.11. The van der Waals surface area contributed by atoms with Crippen LogP contribution in [0.25, 0.3) is 6.08 Å². The molecule has 3 aromatic carbocycles. The third-order valence-corrected chi connectivity index (χ3v) is 6.86. The second-order valence-electron chi connectivity index (χ2n) is 8.07. The van der Waals surface area contributed by atoms with Gasteiger partial charge in [0.1, 0.15) is 19.0 Å². The lowest BCUT2D eigenvalue weighted by Crippen LogP contribution is -2.36. The predicted molar refractivity (Wildman–Crippen MR) is 146 cm³/mol. The largest absolute Gasteiger partial charge is 0.493 e. The maximum absolute atomic E-state index is 13.3. The van der Waals surface area contributed by atoms with Crippen molar-refractivity contribution in [2.75, 3.05) is 19.0 Å². The zero-order valence-electron chi connectivity index (χ0n) is 20.2. The van der Waals surface area contributed by atoms with Crippen molar-refractivity contribution in [3.63, 3.8) is 0 Å². The second kappa shape index (κ2) is 12.1. The monoisotopic (exact) mass is 615 g/mol. The second-order valence-corrected chi connectivity index (χ2v) is 9.92. The van der Waals surface area contributed by atoms with Gasteiger partial charge in [0.25, 0.3) is 16.8 Å². The molecule has 0 spiro atoms. The number of halogens is 2. The molecule has 39 heavy (non-hydrogen) atoms. The van der Waals surface area contributed by atoms with Crippen LogP contribution in [0.3, 0.4) is 0 Å². The van der Waals surface area contributed by atoms with Crippen LogP contribution >= 0.6 is 27.7 Å². The number of nitrogens with one attached hydrogen (secondary N) is 1. The number of benzene rings is 3. The van der Waals surface area contributed by atoms with Crippen molar-refractivity contribution in [1.29, 1.82) is 0 Å². The Morgan fingerprint density at radius 3 is 2.59 bits per heavy atom. The Labute approximate surface area is 234 Å². The summed E-state index contributed by atoms with van der Waals surface area (Å²) in [6.07, 6.45) is 1.49. The van der Waals surface area contributed by atoms with Gasteiger partial charge in [-0.25, -0.2) is 4.39 Å². The molecule has 10 nitrogen and oxygen atoms in total. The zero-order valence-corrected chi connectivity index (χ0v) is 22.6. The number of rotatable bonds is 9. The van der Waals surface area contributed by atoms with Gasteiger partial charge < -0.3 is 14.8 Å². The lowest BCUT2D eigenvalue weighted by Gasteiger charge is -2.14. The maximum Gasteiger partial charge on any atom is 0.294 e. The molecular formula is C26H19BrFN3O7S. The molecule has 0 unspecified atom stereocenters. The molecule has 4 rings (SSSR count). The molecule has 1 heterocycles. The molecular weight excluding hydrogens is 597 g/mol. The number of carbonyl (C=O) groups is 3. The summed E-state index contributed by atoms with van der Waals surface area (Å²) in [5.74, 6) is -1.12. The molecule has 13 heteroatoms. The molecule has 1 N–H and O–H groups in total. The van der Waals surface area contributed by atoms with E-state index in [2.05, 4.69) is 21.2 Å². The highest BCUT2D eigenvalue weighted by molar-refractivity contribution is 9.10. The van der Waals surface area contributed by atoms with E-state index in [9.17, 15) is 28.9 Å². The predicted octanol–water partition coefficient (Wildman–Crippen LogP) is 5.76. The zero-order chi connectivity index (χ0) is 28.1. The lowest BCUT2D eigenvalue weighted by molar-refractivity contribution is -0.384. The van der Waals surface area contributed by atoms with Gasteiger partial charge in [0, 0.05) is 17.8 Å². The lowest BCUT2D eigenvalue weighted by atomic mass is 10.1. The van der Waals surface area contributed by atoms with Gasteiger partial charge in [-0.05, 0) is 87.4 Å². The summed E-state index contributed by atoms with van der Waals surface area (Å²) in [4.78, 5) is 48.9. The number of hydrogen-bond donors (Lipinski definition) is 1. The topological polar surface area (TPSA) is 128 Å². The normalized spacial score (nSPS) is 14.0. The Morgan fingerprint density at radius 2 is 1.92 bits per heavy atom. The van der Waals surface area contributed by atoms with Crippen LogP contribution in [0.15, 0.2) is 70.0 Å². The van der Waals surface area contributed by atoms with Crippen molar-refractivity contribution in [2.45, 2.75) is 6.61 Å². The minimum Gasteiger partial charge on any atom is -0.493 e. The van der Waals surface area contributed by atoms with E-state index in [0.717, 1.165) is 11.0 Å². The van der Waals surface area contributed by atoms with E-state index < -0.39 is 34.3 Å². The molecule has 0 saturated carbocycles. The molecule has 200 valence electrons. The van der Waals surface area contributed by atoms with Gasteiger partial charge in [-0.3, -0.25) is 29.4 Å². The average Bonchev–Trinajstić information content (AvgIpc) is 3.15. The van der Waals surface area contributed by atoms with Gasteiger partial charge in [-0.2, -0.15) is 0 Å². The minimum atomic E-state index is -0.650. The van der Waals surface area contributed by atoms with Crippen molar-refractivity contribution in [2.24, 2.45) is 0 Å². The number of thioether (sulfide) groups is 1. The van der Waals surface area contributed by atoms with Gasteiger partial charge in [-0.15, -0.1) is 0 Å². The van der Waals surface area contributed by atoms with E-state index in [1.165, 1.54) is 43.5 Å². The van der Waals surface area contributed by atoms with Crippen LogP contribution in [0, 0.1) is 15.9 Å². The fourth-order valence-electron chi connectivity index (χ4n) is 3.53. The number of amides is 3. The molecule has 0 aromatic heterocycles. The number of carbonyl (C=O) groups excluding carboxylic acids is 3. The third kappa shape index (κ3) is 6.81. The molecule has 0 atom stereocenters. The first-order valence-electron chi connectivity index (χ1n) is 11.2. The molecule has 0 radical (unpaired) electrons. The smallest absolute Gasteiger partial charge is 0.294 e. The van der Waals surface area contributed by atoms with Crippen molar-refractivity contribution in [1.82, 2.24) is 4.90 Å². The third-order valence-electron chi connectivity index (χ3n) is 5.36. The van der Waals surface area contributed by atoms with E-state index in [-0.39, 0.29) is 22.9 Å². The van der Waals surface area contributed by atoms with E-state index in [1.54, 1.807) is 24.3 Å². The van der Waals surface area contributed by atoms with E-state index in [0.29, 0.717) is 38.9 Å². The summed E-state index contributed by atoms with van der Waals surface area (Å²) in [6.45, 7) is -0.413. The number of nitro groups is 1. The van der Waals surface area contributed by atoms with Crippen LogP contribution in [0.2, 0.25) is 0 Å². The number of nitrogens with zero attached hydrogens (tertiary/aromatic N) is 2. The summed E-state index contributed by atoms with van der Waals surface area (Å²) < 4.78 is 25.1. The van der Waals surface area contributed by atoms with Crippen LogP contribution in [0.5, 0.6) is 11.5 Å². The van der Waals surface area contributed by atoms with Crippen LogP contribution in [-0.2, 0) is 16.2 Å². The van der Waals surface area contributed by atoms with Crippen molar-refractivity contribution < 1.29 is 33.2 Å². The standard InChI is InChI=1S/C26H19BrFN3O7S/c1-37-21-10-16(9-20(27)24(21)38-14-15-5-7-19(8-6-15)31(35)36)11-22-25(33)30(26(34)39-22)13-23(32)29-18-4-2-3-17(28)12-18/h2-12H,13-14H2,1H3,(H,29,32)/b22-11+. The number of hydrogen-bond acceptors (Lipinski definition) is 8. The number of methoxy groups -OCH3 is 1. The molecule has 3 aromatic rings. The first kappa shape index (κ1) is 27.8. The van der Waals surface area contributed by atoms with Gasteiger partial charge in [-0.1, -0.05) is 6.07 Å². The highest BCUT2D eigenvalue weighted by Gasteiger charge is 2.36. The Hall–Kier alpha value is -4.23. The van der Waals surface area contributed by atoms with Gasteiger partial charge in [0.2, 0.25) is 5.91 Å². The molecule has 1 fully saturated rings. The van der Waals surface area contributed by atoms with Crippen molar-refractivity contribution >= 4 is 62.2 Å². The molecule has 1 saturated heterocycles. The Balaban J connectivity index is 1.45. The van der Waals surface area contributed by atoms with Crippen LogP contribution in [0.1, 0.15) is 11.1 Å². The van der Waals surface area contributed by atoms with E-state index >= 15 is 0 Å². The summed E-state index contributed by atoms with van der Waals surface area (Å²) in [5, 5.41) is 12.7. The minimum absolute atomic E-state index is 0.0292. The highest BCUT2D eigenvalue weighted by Crippen LogP contribution is 2.39. The van der Waals surface area contributed by atoms with E-state index in [4.69, 9.17) is 9.47 Å². The van der Waals surface area contributed by atoms with Crippen LogP contribution < -0.4 is 14.8 Å². The SMILES string of the molecule is COc1cc(/C=C2/SC(=O)N(CC(=O)Nc3cccc(F)c3)C2=O)cc(Br)c1OCc1ccc([N+](=O)[O-])cc1. The van der Waals surface area contributed by atoms with Gasteiger partial charge in [0.15, 0.2) is 11.5 Å². The number of ether oxygens (including phenoxy) is 2. The highest BCUT2D eigenvalue weighted by atomic mass is 79.9. The first-order chi connectivity index (χ1) is 18.6. The molecule has 0 bridgehead atoms.